The number of rotatable bonds is 0. The van der Waals surface area contributed by atoms with Crippen molar-refractivity contribution in [3.05, 3.63) is 0 Å². The molecule has 0 aromatic heterocycles. The van der Waals surface area contributed by atoms with Crippen LogP contribution in [0.5, 0.6) is 0 Å². The zero-order valence-corrected chi connectivity index (χ0v) is 8.08. The third-order valence-corrected chi connectivity index (χ3v) is 1.91. The second-order valence-corrected chi connectivity index (χ2v) is 3.23. The first kappa shape index (κ1) is 10.2. The molecule has 0 aliphatic carbocycles. The van der Waals surface area contributed by atoms with Crippen LogP contribution >= 0.6 is 0 Å². The van der Waals surface area contributed by atoms with E-state index >= 15 is 0 Å². The van der Waals surface area contributed by atoms with Crippen LogP contribution in [0.1, 0.15) is 6.42 Å². The maximum absolute atomic E-state index is 5.54. The van der Waals surface area contributed by atoms with Crippen LogP contribution in [-0.4, -0.2) is 27.8 Å². The summed E-state index contributed by atoms with van der Waals surface area (Å²) in [6, 6.07) is 0. The average molecular weight is 168 g/mol. The normalized spacial score (nSPS) is 21.8. The maximum atomic E-state index is 5.54. The Kier molecular flexibility index (Phi) is 4.19. The predicted molar refractivity (Wildman–Crippen MR) is 52.4 cm³/mol. The Balaban J connectivity index is 2.37. The molecule has 0 N–H and O–H groups in total. The van der Waals surface area contributed by atoms with Gasteiger partial charge in [0.25, 0.3) is 6.92 Å². The second kappa shape index (κ2) is 4.95. The van der Waals surface area contributed by atoms with Crippen LogP contribution in [0.2, 0.25) is 26.8 Å². The molecule has 0 amide bonds. The van der Waals surface area contributed by atoms with Gasteiger partial charge in [-0.3, -0.25) is 0 Å². The third-order valence-electron chi connectivity index (χ3n) is 1.91. The van der Waals surface area contributed by atoms with Crippen LogP contribution in [0.15, 0.2) is 0 Å². The molecular formula is C6H15B3O3. The van der Waals surface area contributed by atoms with E-state index in [4.69, 9.17) is 13.8 Å². The van der Waals surface area contributed by atoms with Gasteiger partial charge in [-0.2, -0.15) is 0 Å². The van der Waals surface area contributed by atoms with Crippen LogP contribution in [-0.2, 0) is 13.8 Å². The quantitative estimate of drug-likeness (QED) is 0.509. The van der Waals surface area contributed by atoms with E-state index < -0.39 is 0 Å². The van der Waals surface area contributed by atoms with E-state index in [1.165, 1.54) is 0 Å². The Morgan fingerprint density at radius 2 is 1.75 bits per heavy atom. The molecule has 1 fully saturated rings. The standard InChI is InChI=1S/C6H15B3O3/c1-7-5-4-6-10-8(2)12-9(3)11-7/h4-6H2,1-3H3. The second-order valence-electron chi connectivity index (χ2n) is 3.23. The Morgan fingerprint density at radius 1 is 1.00 bits per heavy atom. The Bertz CT molecular complexity index is 121. The van der Waals surface area contributed by atoms with Gasteiger partial charge < -0.3 is 13.8 Å². The summed E-state index contributed by atoms with van der Waals surface area (Å²) in [6.07, 6.45) is 2.09. The fourth-order valence-corrected chi connectivity index (χ4v) is 1.36. The minimum absolute atomic E-state index is 0.148. The summed E-state index contributed by atoms with van der Waals surface area (Å²) < 4.78 is 16.3. The van der Waals surface area contributed by atoms with E-state index in [0.717, 1.165) is 19.3 Å². The van der Waals surface area contributed by atoms with Crippen LogP contribution in [0.25, 0.3) is 0 Å². The summed E-state index contributed by atoms with van der Waals surface area (Å²) >= 11 is 0. The van der Waals surface area contributed by atoms with Gasteiger partial charge in [-0.15, -0.1) is 0 Å². The lowest BCUT2D eigenvalue weighted by molar-refractivity contribution is 0.266. The van der Waals surface area contributed by atoms with E-state index in [1.807, 2.05) is 13.6 Å². The van der Waals surface area contributed by atoms with Crippen molar-refractivity contribution in [2.24, 2.45) is 0 Å². The molecule has 0 spiro atoms. The van der Waals surface area contributed by atoms with Crippen LogP contribution in [0, 0.1) is 0 Å². The van der Waals surface area contributed by atoms with Crippen molar-refractivity contribution >= 4 is 21.2 Å². The SMILES string of the molecule is CB1CCCOB(C)OB(C)O1. The van der Waals surface area contributed by atoms with Crippen molar-refractivity contribution < 1.29 is 13.8 Å². The topological polar surface area (TPSA) is 27.7 Å². The molecule has 66 valence electrons. The van der Waals surface area contributed by atoms with Gasteiger partial charge >= 0.3 is 14.2 Å². The molecule has 0 bridgehead atoms. The molecule has 3 nitrogen and oxygen atoms in total. The minimum Gasteiger partial charge on any atom is -0.476 e. The average Bonchev–Trinajstić information content (AvgIpc) is 2.01. The van der Waals surface area contributed by atoms with Gasteiger partial charge in [0.1, 0.15) is 0 Å². The molecule has 1 heterocycles. The molecule has 1 rings (SSSR count). The van der Waals surface area contributed by atoms with Crippen molar-refractivity contribution in [3.63, 3.8) is 0 Å². The molecule has 0 radical (unpaired) electrons. The highest BCUT2D eigenvalue weighted by Gasteiger charge is 2.24. The summed E-state index contributed by atoms with van der Waals surface area (Å²) in [7, 11) is -0.307. The summed E-state index contributed by atoms with van der Waals surface area (Å²) in [4.78, 5) is 0. The lowest BCUT2D eigenvalue weighted by Gasteiger charge is -2.14. The molecule has 1 aliphatic rings. The van der Waals surface area contributed by atoms with E-state index in [9.17, 15) is 0 Å². The highest BCUT2D eigenvalue weighted by Crippen LogP contribution is 2.07. The molecule has 0 saturated carbocycles. The largest absolute Gasteiger partial charge is 0.476 e. The molecule has 0 atom stereocenters. The zero-order chi connectivity index (χ0) is 8.97. The van der Waals surface area contributed by atoms with Crippen molar-refractivity contribution in [2.75, 3.05) is 6.61 Å². The molecule has 1 saturated heterocycles. The first-order valence-corrected chi connectivity index (χ1v) is 4.61. The van der Waals surface area contributed by atoms with Crippen LogP contribution in [0.3, 0.4) is 0 Å². The smallest absolute Gasteiger partial charge is 0.439 e. The van der Waals surface area contributed by atoms with Crippen molar-refractivity contribution in [3.8, 4) is 0 Å². The van der Waals surface area contributed by atoms with E-state index in [2.05, 4.69) is 6.82 Å². The lowest BCUT2D eigenvalue weighted by atomic mass is 9.64. The first-order valence-electron chi connectivity index (χ1n) is 4.61. The van der Waals surface area contributed by atoms with Gasteiger partial charge in [0.05, 0.1) is 0 Å². The van der Waals surface area contributed by atoms with Crippen molar-refractivity contribution in [2.45, 2.75) is 33.2 Å². The van der Waals surface area contributed by atoms with Crippen molar-refractivity contribution in [1.82, 2.24) is 0 Å². The maximum Gasteiger partial charge on any atom is 0.439 e. The van der Waals surface area contributed by atoms with E-state index in [-0.39, 0.29) is 21.2 Å². The molecular weight excluding hydrogens is 152 g/mol. The van der Waals surface area contributed by atoms with Gasteiger partial charge in [0.15, 0.2) is 0 Å². The molecule has 0 aromatic rings. The summed E-state index contributed by atoms with van der Waals surface area (Å²) in [5, 5.41) is 0. The predicted octanol–water partition coefficient (Wildman–Crippen LogP) is 1.30. The van der Waals surface area contributed by atoms with Gasteiger partial charge in [0, 0.05) is 6.61 Å². The van der Waals surface area contributed by atoms with Gasteiger partial charge in [-0.1, -0.05) is 6.82 Å². The van der Waals surface area contributed by atoms with Gasteiger partial charge in [-0.05, 0) is 26.4 Å². The van der Waals surface area contributed by atoms with Gasteiger partial charge in [-0.25, -0.2) is 0 Å². The number of hydrogen-bond donors (Lipinski definition) is 0. The van der Waals surface area contributed by atoms with Crippen molar-refractivity contribution in [1.29, 1.82) is 0 Å². The lowest BCUT2D eigenvalue weighted by Crippen LogP contribution is -2.32. The van der Waals surface area contributed by atoms with Crippen LogP contribution in [0.4, 0.5) is 0 Å². The molecule has 12 heavy (non-hydrogen) atoms. The summed E-state index contributed by atoms with van der Waals surface area (Å²) in [6.45, 7) is 6.91. The Labute approximate surface area is 75.5 Å². The molecule has 6 heteroatoms. The molecule has 0 unspecified atom stereocenters. The first-order chi connectivity index (χ1) is 5.68. The monoisotopic (exact) mass is 168 g/mol. The van der Waals surface area contributed by atoms with Gasteiger partial charge in [0.2, 0.25) is 0 Å². The Morgan fingerprint density at radius 3 is 2.50 bits per heavy atom. The fraction of sp³-hybridized carbons (Fsp3) is 1.00. The number of hydrogen-bond acceptors (Lipinski definition) is 3. The molecule has 1 aliphatic heterocycles. The van der Waals surface area contributed by atoms with E-state index in [0.29, 0.717) is 0 Å². The molecule has 0 aromatic carbocycles. The zero-order valence-electron chi connectivity index (χ0n) is 8.08. The Hall–Kier alpha value is 0.0748. The highest BCUT2D eigenvalue weighted by atomic mass is 16.6. The third kappa shape index (κ3) is 3.65. The summed E-state index contributed by atoms with van der Waals surface area (Å²) in [5.74, 6) is 0. The minimum atomic E-state index is -0.159. The van der Waals surface area contributed by atoms with Crippen LogP contribution < -0.4 is 0 Å². The van der Waals surface area contributed by atoms with E-state index in [1.54, 1.807) is 0 Å². The highest BCUT2D eigenvalue weighted by molar-refractivity contribution is 6.66. The summed E-state index contributed by atoms with van der Waals surface area (Å²) in [5.41, 5.74) is 0. The fourth-order valence-electron chi connectivity index (χ4n) is 1.36.